The van der Waals surface area contributed by atoms with Crippen molar-refractivity contribution in [3.8, 4) is 5.69 Å². The first-order valence-corrected chi connectivity index (χ1v) is 13.5. The van der Waals surface area contributed by atoms with Crippen LogP contribution in [0.5, 0.6) is 0 Å². The van der Waals surface area contributed by atoms with E-state index in [9.17, 15) is 9.18 Å². The van der Waals surface area contributed by atoms with Gasteiger partial charge >= 0.3 is 0 Å². The summed E-state index contributed by atoms with van der Waals surface area (Å²) >= 11 is 9.30. The normalized spacial score (nSPS) is 16.9. The predicted octanol–water partition coefficient (Wildman–Crippen LogP) is 6.39. The van der Waals surface area contributed by atoms with Gasteiger partial charge in [0.05, 0.1) is 17.8 Å². The molecule has 9 heteroatoms. The average molecular weight is 593 g/mol. The molecule has 2 aromatic heterocycles. The standard InChI is InChI=1S/C29H27BrFN5OS/c1-18-17-24(19(2)36(18)23-12-6-20(30)7-13-23)28-27(25-5-3-4-15-32-25)34-29(38)35(28)16-14-26(37)33-22-10-8-21(31)9-11-22/h3-13,15,17,27-28H,14,16H2,1-2H3,(H,33,37)(H,34,38)/t27-,28+/m1/s1. The Bertz CT molecular complexity index is 1460. The Labute approximate surface area is 235 Å². The van der Waals surface area contributed by atoms with Crippen molar-refractivity contribution in [3.63, 3.8) is 0 Å². The van der Waals surface area contributed by atoms with Gasteiger partial charge in [0.1, 0.15) is 5.82 Å². The van der Waals surface area contributed by atoms with Gasteiger partial charge in [0.2, 0.25) is 5.91 Å². The molecular formula is C29H27BrFN5OS. The van der Waals surface area contributed by atoms with Crippen molar-refractivity contribution >= 4 is 44.9 Å². The van der Waals surface area contributed by atoms with Crippen LogP contribution in [0.2, 0.25) is 0 Å². The zero-order valence-corrected chi connectivity index (χ0v) is 23.4. The van der Waals surface area contributed by atoms with Gasteiger partial charge in [-0.05, 0) is 98.4 Å². The fraction of sp³-hybridized carbons (Fsp3) is 0.207. The lowest BCUT2D eigenvalue weighted by Crippen LogP contribution is -2.32. The van der Waals surface area contributed by atoms with Crippen molar-refractivity contribution in [2.75, 3.05) is 11.9 Å². The van der Waals surface area contributed by atoms with E-state index in [1.807, 2.05) is 30.3 Å². The van der Waals surface area contributed by atoms with Gasteiger partial charge in [0, 0.05) is 46.4 Å². The highest BCUT2D eigenvalue weighted by molar-refractivity contribution is 9.10. The van der Waals surface area contributed by atoms with Crippen molar-refractivity contribution in [1.82, 2.24) is 19.8 Å². The first-order valence-electron chi connectivity index (χ1n) is 12.3. The molecule has 38 heavy (non-hydrogen) atoms. The lowest BCUT2D eigenvalue weighted by atomic mass is 9.96. The van der Waals surface area contributed by atoms with Gasteiger partial charge < -0.3 is 20.1 Å². The number of carbonyl (C=O) groups is 1. The summed E-state index contributed by atoms with van der Waals surface area (Å²) in [7, 11) is 0. The van der Waals surface area contributed by atoms with Crippen LogP contribution >= 0.6 is 28.1 Å². The molecule has 2 aromatic carbocycles. The number of carbonyl (C=O) groups excluding carboxylic acids is 1. The summed E-state index contributed by atoms with van der Waals surface area (Å²) in [5.74, 6) is -0.514. The number of amides is 1. The maximum atomic E-state index is 13.2. The Balaban J connectivity index is 1.46. The summed E-state index contributed by atoms with van der Waals surface area (Å²) in [6.45, 7) is 4.62. The molecule has 6 nitrogen and oxygen atoms in total. The monoisotopic (exact) mass is 591 g/mol. The fourth-order valence-electron chi connectivity index (χ4n) is 5.04. The number of hydrogen-bond donors (Lipinski definition) is 2. The Morgan fingerprint density at radius 2 is 1.84 bits per heavy atom. The largest absolute Gasteiger partial charge is 0.352 e. The summed E-state index contributed by atoms with van der Waals surface area (Å²) in [6, 6.07) is 21.7. The lowest BCUT2D eigenvalue weighted by molar-refractivity contribution is -0.116. The van der Waals surface area contributed by atoms with Gasteiger partial charge in [-0.15, -0.1) is 0 Å². The van der Waals surface area contributed by atoms with Crippen molar-refractivity contribution in [2.24, 2.45) is 0 Å². The highest BCUT2D eigenvalue weighted by Gasteiger charge is 2.41. The minimum Gasteiger partial charge on any atom is -0.352 e. The summed E-state index contributed by atoms with van der Waals surface area (Å²) in [5.41, 5.74) is 5.83. The van der Waals surface area contributed by atoms with Crippen LogP contribution in [0.3, 0.4) is 0 Å². The smallest absolute Gasteiger partial charge is 0.226 e. The molecule has 3 heterocycles. The molecule has 1 fully saturated rings. The van der Waals surface area contributed by atoms with Crippen LogP contribution in [0, 0.1) is 19.7 Å². The predicted molar refractivity (Wildman–Crippen MR) is 155 cm³/mol. The second-order valence-corrected chi connectivity index (χ2v) is 10.6. The maximum Gasteiger partial charge on any atom is 0.226 e. The molecule has 1 aliphatic heterocycles. The Morgan fingerprint density at radius 3 is 2.53 bits per heavy atom. The van der Waals surface area contributed by atoms with E-state index in [2.05, 4.69) is 73.1 Å². The number of thiocarbonyl (C=S) groups is 1. The second-order valence-electron chi connectivity index (χ2n) is 9.26. The quantitative estimate of drug-likeness (QED) is 0.244. The third-order valence-electron chi connectivity index (χ3n) is 6.78. The Kier molecular flexibility index (Phi) is 7.58. The molecule has 2 N–H and O–H groups in total. The molecular weight excluding hydrogens is 565 g/mol. The zero-order chi connectivity index (χ0) is 26.8. The minimum absolute atomic E-state index is 0.161. The number of nitrogens with zero attached hydrogens (tertiary/aromatic N) is 3. The van der Waals surface area contributed by atoms with Gasteiger partial charge in [-0.25, -0.2) is 4.39 Å². The number of halogens is 2. The first kappa shape index (κ1) is 26.1. The summed E-state index contributed by atoms with van der Waals surface area (Å²) < 4.78 is 16.5. The lowest BCUT2D eigenvalue weighted by Gasteiger charge is -2.28. The van der Waals surface area contributed by atoms with E-state index in [1.54, 1.807) is 18.3 Å². The van der Waals surface area contributed by atoms with Crippen LogP contribution < -0.4 is 10.6 Å². The molecule has 0 bridgehead atoms. The van der Waals surface area contributed by atoms with Crippen LogP contribution in [-0.2, 0) is 4.79 Å². The number of pyridine rings is 1. The topological polar surface area (TPSA) is 62.2 Å². The number of aryl methyl sites for hydroxylation is 1. The van der Waals surface area contributed by atoms with Crippen LogP contribution in [0.1, 0.15) is 41.1 Å². The number of benzene rings is 2. The molecule has 5 rings (SSSR count). The molecule has 0 aliphatic carbocycles. The van der Waals surface area contributed by atoms with Crippen LogP contribution in [0.15, 0.2) is 83.5 Å². The molecule has 1 aliphatic rings. The van der Waals surface area contributed by atoms with Crippen LogP contribution in [-0.4, -0.2) is 32.0 Å². The van der Waals surface area contributed by atoms with E-state index in [0.29, 0.717) is 17.3 Å². The summed E-state index contributed by atoms with van der Waals surface area (Å²) in [6.07, 6.45) is 2.00. The van der Waals surface area contributed by atoms with Crippen molar-refractivity contribution in [1.29, 1.82) is 0 Å². The third-order valence-corrected chi connectivity index (χ3v) is 7.66. The van der Waals surface area contributed by atoms with Crippen molar-refractivity contribution in [3.05, 3.63) is 112 Å². The highest BCUT2D eigenvalue weighted by Crippen LogP contribution is 2.41. The number of hydrogen-bond acceptors (Lipinski definition) is 3. The molecule has 194 valence electrons. The summed E-state index contributed by atoms with van der Waals surface area (Å²) in [4.78, 5) is 19.5. The van der Waals surface area contributed by atoms with Gasteiger partial charge in [-0.2, -0.15) is 0 Å². The molecule has 2 atom stereocenters. The Morgan fingerprint density at radius 1 is 1.11 bits per heavy atom. The molecule has 1 amide bonds. The fourth-order valence-corrected chi connectivity index (χ4v) is 5.63. The van der Waals surface area contributed by atoms with E-state index in [0.717, 1.165) is 32.8 Å². The molecule has 0 spiro atoms. The van der Waals surface area contributed by atoms with Crippen LogP contribution in [0.4, 0.5) is 10.1 Å². The Hall–Kier alpha value is -3.56. The molecule has 0 radical (unpaired) electrons. The third kappa shape index (κ3) is 5.35. The van der Waals surface area contributed by atoms with Gasteiger partial charge in [-0.1, -0.05) is 22.0 Å². The molecule has 0 unspecified atom stereocenters. The molecule has 1 saturated heterocycles. The highest BCUT2D eigenvalue weighted by atomic mass is 79.9. The summed E-state index contributed by atoms with van der Waals surface area (Å²) in [5, 5.41) is 6.88. The second kappa shape index (κ2) is 11.0. The van der Waals surface area contributed by atoms with E-state index in [4.69, 9.17) is 12.2 Å². The average Bonchev–Trinajstić information content (AvgIpc) is 3.39. The van der Waals surface area contributed by atoms with E-state index < -0.39 is 0 Å². The van der Waals surface area contributed by atoms with Gasteiger partial charge in [0.15, 0.2) is 5.11 Å². The van der Waals surface area contributed by atoms with Crippen molar-refractivity contribution in [2.45, 2.75) is 32.4 Å². The van der Waals surface area contributed by atoms with Gasteiger partial charge in [-0.3, -0.25) is 9.78 Å². The van der Waals surface area contributed by atoms with E-state index in [1.165, 1.54) is 12.1 Å². The van der Waals surface area contributed by atoms with E-state index in [-0.39, 0.29) is 30.2 Å². The van der Waals surface area contributed by atoms with Crippen molar-refractivity contribution < 1.29 is 9.18 Å². The zero-order valence-electron chi connectivity index (χ0n) is 21.0. The first-order chi connectivity index (χ1) is 18.3. The number of aromatic nitrogens is 2. The molecule has 4 aromatic rings. The van der Waals surface area contributed by atoms with E-state index >= 15 is 0 Å². The SMILES string of the molecule is Cc1cc([C@H]2[C@@H](c3ccccn3)NC(=S)N2CCC(=O)Nc2ccc(F)cc2)c(C)n1-c1ccc(Br)cc1. The maximum absolute atomic E-state index is 13.2. The van der Waals surface area contributed by atoms with Gasteiger partial charge in [0.25, 0.3) is 0 Å². The van der Waals surface area contributed by atoms with Crippen LogP contribution in [0.25, 0.3) is 5.69 Å². The molecule has 0 saturated carbocycles. The number of anilines is 1. The number of rotatable bonds is 7. The minimum atomic E-state index is -0.347. The number of nitrogens with one attached hydrogen (secondary N) is 2.